The second-order valence-corrected chi connectivity index (χ2v) is 5.13. The molecule has 3 heterocycles. The van der Waals surface area contributed by atoms with Crippen LogP contribution in [0, 0.1) is 0 Å². The van der Waals surface area contributed by atoms with Crippen molar-refractivity contribution in [1.82, 2.24) is 19.9 Å². The van der Waals surface area contributed by atoms with Crippen molar-refractivity contribution in [2.45, 2.75) is 31.5 Å². The molecule has 3 rings (SSSR count). The molecule has 2 unspecified atom stereocenters. The van der Waals surface area contributed by atoms with Crippen LogP contribution in [0.4, 0.5) is 0 Å². The van der Waals surface area contributed by atoms with Gasteiger partial charge in [0.2, 0.25) is 0 Å². The normalized spacial score (nSPS) is 26.2. The number of rotatable bonds is 5. The first-order valence-electron chi connectivity index (χ1n) is 6.97. The molecule has 0 aromatic carbocycles. The number of nitrogens with two attached hydrogens (primary N) is 1. The highest BCUT2D eigenvalue weighted by molar-refractivity contribution is 5.80. The minimum atomic E-state index is 0.0200. The number of aliphatic hydroxyl groups is 1. The molecule has 0 amide bonds. The van der Waals surface area contributed by atoms with E-state index in [1.54, 1.807) is 4.68 Å². The summed E-state index contributed by atoms with van der Waals surface area (Å²) >= 11 is 0. The molecule has 8 heteroatoms. The summed E-state index contributed by atoms with van der Waals surface area (Å²) in [5.74, 6) is 0.544. The van der Waals surface area contributed by atoms with Gasteiger partial charge in [-0.25, -0.2) is 4.68 Å². The summed E-state index contributed by atoms with van der Waals surface area (Å²) in [5, 5.41) is 17.1. The lowest BCUT2D eigenvalue weighted by atomic mass is 10.1. The van der Waals surface area contributed by atoms with Crippen molar-refractivity contribution in [2.24, 2.45) is 10.7 Å². The van der Waals surface area contributed by atoms with Gasteiger partial charge < -0.3 is 20.5 Å². The van der Waals surface area contributed by atoms with Crippen LogP contribution in [0.5, 0.6) is 0 Å². The first-order chi connectivity index (χ1) is 9.78. The number of hydrogen-bond acceptors (Lipinski definition) is 7. The van der Waals surface area contributed by atoms with Gasteiger partial charge in [-0.2, -0.15) is 0 Å². The number of aliphatic hydroxyl groups excluding tert-OH is 1. The fourth-order valence-electron chi connectivity index (χ4n) is 2.69. The molecule has 8 nitrogen and oxygen atoms in total. The van der Waals surface area contributed by atoms with E-state index in [2.05, 4.69) is 15.3 Å². The molecule has 0 aliphatic carbocycles. The molecule has 0 radical (unpaired) electrons. The molecule has 2 aliphatic heterocycles. The third-order valence-electron chi connectivity index (χ3n) is 3.75. The number of ether oxygens (including phenoxy) is 1. The molecular formula is C12H20N6O2. The molecule has 0 saturated carbocycles. The summed E-state index contributed by atoms with van der Waals surface area (Å²) in [6.45, 7) is 2.66. The van der Waals surface area contributed by atoms with Crippen molar-refractivity contribution < 1.29 is 9.84 Å². The molecule has 0 bridgehead atoms. The van der Waals surface area contributed by atoms with Crippen LogP contribution in [0.2, 0.25) is 0 Å². The molecule has 3 N–H and O–H groups in total. The zero-order valence-electron chi connectivity index (χ0n) is 11.4. The predicted octanol–water partition coefficient (Wildman–Crippen LogP) is -0.879. The third-order valence-corrected chi connectivity index (χ3v) is 3.75. The Bertz CT molecular complexity index is 482. The van der Waals surface area contributed by atoms with Gasteiger partial charge in [-0.3, -0.25) is 4.99 Å². The number of hydrogen-bond donors (Lipinski definition) is 2. The van der Waals surface area contributed by atoms with E-state index < -0.39 is 0 Å². The van der Waals surface area contributed by atoms with Crippen molar-refractivity contribution in [3.8, 4) is 0 Å². The molecule has 2 aliphatic rings. The number of aliphatic imine (C=N–C) groups is 1. The van der Waals surface area contributed by atoms with Gasteiger partial charge in [0.05, 0.1) is 38.0 Å². The molecule has 20 heavy (non-hydrogen) atoms. The largest absolute Gasteiger partial charge is 0.394 e. The fourth-order valence-corrected chi connectivity index (χ4v) is 2.69. The smallest absolute Gasteiger partial charge is 0.192 e. The van der Waals surface area contributed by atoms with Crippen LogP contribution in [0.25, 0.3) is 0 Å². The minimum Gasteiger partial charge on any atom is -0.394 e. The van der Waals surface area contributed by atoms with Gasteiger partial charge in [-0.1, -0.05) is 5.21 Å². The second kappa shape index (κ2) is 5.76. The summed E-state index contributed by atoms with van der Waals surface area (Å²) in [6, 6.07) is 0.0200. The van der Waals surface area contributed by atoms with Crippen molar-refractivity contribution in [3.05, 3.63) is 11.9 Å². The molecule has 2 atom stereocenters. The molecule has 1 fully saturated rings. The highest BCUT2D eigenvalue weighted by atomic mass is 16.5. The average molecular weight is 280 g/mol. The summed E-state index contributed by atoms with van der Waals surface area (Å²) in [7, 11) is 0. The zero-order chi connectivity index (χ0) is 13.9. The van der Waals surface area contributed by atoms with E-state index in [1.807, 2.05) is 11.1 Å². The maximum atomic E-state index is 8.92. The SMILES string of the molecule is NC1=NCC(c2cn(CCO)nn2)N1CC1CCCO1. The van der Waals surface area contributed by atoms with E-state index in [9.17, 15) is 0 Å². The molecular weight excluding hydrogens is 260 g/mol. The molecule has 1 aromatic rings. The Hall–Kier alpha value is -1.67. The second-order valence-electron chi connectivity index (χ2n) is 5.13. The van der Waals surface area contributed by atoms with Gasteiger partial charge in [-0.05, 0) is 12.8 Å². The highest BCUT2D eigenvalue weighted by Gasteiger charge is 2.32. The highest BCUT2D eigenvalue weighted by Crippen LogP contribution is 2.26. The van der Waals surface area contributed by atoms with E-state index in [-0.39, 0.29) is 18.8 Å². The van der Waals surface area contributed by atoms with Crippen LogP contribution >= 0.6 is 0 Å². The number of nitrogens with zero attached hydrogens (tertiary/aromatic N) is 5. The Morgan fingerprint density at radius 3 is 3.15 bits per heavy atom. The van der Waals surface area contributed by atoms with E-state index in [0.29, 0.717) is 19.0 Å². The maximum Gasteiger partial charge on any atom is 0.192 e. The van der Waals surface area contributed by atoms with Gasteiger partial charge >= 0.3 is 0 Å². The van der Waals surface area contributed by atoms with Crippen LogP contribution in [0.15, 0.2) is 11.2 Å². The lowest BCUT2D eigenvalue weighted by Crippen LogP contribution is -2.41. The van der Waals surface area contributed by atoms with E-state index >= 15 is 0 Å². The van der Waals surface area contributed by atoms with Crippen molar-refractivity contribution >= 4 is 5.96 Å². The quantitative estimate of drug-likeness (QED) is 0.726. The Morgan fingerprint density at radius 1 is 1.50 bits per heavy atom. The van der Waals surface area contributed by atoms with E-state index in [1.165, 1.54) is 0 Å². The molecule has 1 saturated heterocycles. The predicted molar refractivity (Wildman–Crippen MR) is 72.0 cm³/mol. The van der Waals surface area contributed by atoms with Crippen LogP contribution in [-0.4, -0.2) is 63.4 Å². The Balaban J connectivity index is 1.70. The molecule has 0 spiro atoms. The first kappa shape index (κ1) is 13.3. The van der Waals surface area contributed by atoms with Crippen LogP contribution < -0.4 is 5.73 Å². The topological polar surface area (TPSA) is 102 Å². The molecule has 1 aromatic heterocycles. The first-order valence-corrected chi connectivity index (χ1v) is 6.97. The lowest BCUT2D eigenvalue weighted by Gasteiger charge is -2.27. The monoisotopic (exact) mass is 280 g/mol. The van der Waals surface area contributed by atoms with Gasteiger partial charge in [0.1, 0.15) is 5.69 Å². The van der Waals surface area contributed by atoms with Crippen molar-refractivity contribution in [1.29, 1.82) is 0 Å². The maximum absolute atomic E-state index is 8.92. The minimum absolute atomic E-state index is 0.0200. The Labute approximate surface area is 117 Å². The van der Waals surface area contributed by atoms with E-state index in [0.717, 1.165) is 31.7 Å². The van der Waals surface area contributed by atoms with Crippen molar-refractivity contribution in [3.63, 3.8) is 0 Å². The van der Waals surface area contributed by atoms with Gasteiger partial charge in [0.25, 0.3) is 0 Å². The third kappa shape index (κ3) is 2.61. The van der Waals surface area contributed by atoms with Crippen LogP contribution in [0.3, 0.4) is 0 Å². The van der Waals surface area contributed by atoms with Crippen molar-refractivity contribution in [2.75, 3.05) is 26.3 Å². The number of aromatic nitrogens is 3. The Morgan fingerprint density at radius 2 is 2.40 bits per heavy atom. The zero-order valence-corrected chi connectivity index (χ0v) is 11.4. The average Bonchev–Trinajstić information content (AvgIpc) is 3.14. The van der Waals surface area contributed by atoms with Crippen LogP contribution in [-0.2, 0) is 11.3 Å². The standard InChI is InChI=1S/C12H20N6O2/c13-12-14-6-11(10-8-17(3-4-19)16-15-10)18(12)7-9-2-1-5-20-9/h8-9,11,19H,1-7H2,(H2,13,14). The van der Waals surface area contributed by atoms with Gasteiger partial charge in [-0.15, -0.1) is 5.10 Å². The Kier molecular flexibility index (Phi) is 3.83. The summed E-state index contributed by atoms with van der Waals surface area (Å²) in [5.41, 5.74) is 6.81. The lowest BCUT2D eigenvalue weighted by molar-refractivity contribution is 0.0849. The van der Waals surface area contributed by atoms with Crippen LogP contribution in [0.1, 0.15) is 24.6 Å². The van der Waals surface area contributed by atoms with Gasteiger partial charge in [0.15, 0.2) is 5.96 Å². The summed E-state index contributed by atoms with van der Waals surface area (Å²) in [6.07, 6.45) is 4.23. The van der Waals surface area contributed by atoms with E-state index in [4.69, 9.17) is 15.6 Å². The number of guanidine groups is 1. The molecule has 110 valence electrons. The van der Waals surface area contributed by atoms with Gasteiger partial charge in [0, 0.05) is 13.2 Å². The fraction of sp³-hybridized carbons (Fsp3) is 0.750. The summed E-state index contributed by atoms with van der Waals surface area (Å²) in [4.78, 5) is 6.36. The summed E-state index contributed by atoms with van der Waals surface area (Å²) < 4.78 is 7.30.